The topological polar surface area (TPSA) is 57.6 Å². The Hall–Kier alpha value is -2.35. The minimum Gasteiger partial charge on any atom is -0.480 e. The summed E-state index contributed by atoms with van der Waals surface area (Å²) in [5.41, 5.74) is 0.275. The maximum atomic E-state index is 13.6. The van der Waals surface area contributed by atoms with Crippen LogP contribution >= 0.6 is 0 Å². The minimum atomic E-state index is -1.15. The van der Waals surface area contributed by atoms with Crippen molar-refractivity contribution in [1.29, 1.82) is 0 Å². The molecule has 1 unspecified atom stereocenters. The first kappa shape index (κ1) is 14.1. The first-order chi connectivity index (χ1) is 9.52. The third-order valence-corrected chi connectivity index (χ3v) is 3.43. The molecule has 0 bridgehead atoms. The molecule has 1 saturated heterocycles. The number of rotatable bonds is 4. The molecule has 2 rings (SSSR count). The van der Waals surface area contributed by atoms with Gasteiger partial charge in [0.15, 0.2) is 0 Å². The van der Waals surface area contributed by atoms with Crippen LogP contribution in [0.5, 0.6) is 0 Å². The summed E-state index contributed by atoms with van der Waals surface area (Å²) in [5.74, 6) is 0.269. The van der Waals surface area contributed by atoms with Crippen LogP contribution in [0.25, 0.3) is 0 Å². The predicted octanol–water partition coefficient (Wildman–Crippen LogP) is 1.30. The van der Waals surface area contributed by atoms with E-state index in [1.165, 1.54) is 23.1 Å². The van der Waals surface area contributed by atoms with E-state index in [9.17, 15) is 19.1 Å². The van der Waals surface area contributed by atoms with Crippen LogP contribution in [0.4, 0.5) is 4.39 Å². The van der Waals surface area contributed by atoms with E-state index in [0.29, 0.717) is 0 Å². The number of carbonyl (C=O) groups is 2. The number of amides is 1. The van der Waals surface area contributed by atoms with E-state index >= 15 is 0 Å². The zero-order valence-electron chi connectivity index (χ0n) is 10.8. The van der Waals surface area contributed by atoms with E-state index in [4.69, 9.17) is 6.42 Å². The summed E-state index contributed by atoms with van der Waals surface area (Å²) in [6.45, 7) is 0.209. The third kappa shape index (κ3) is 2.80. The molecule has 1 aliphatic rings. The van der Waals surface area contributed by atoms with Gasteiger partial charge < -0.3 is 10.0 Å². The first-order valence-corrected chi connectivity index (χ1v) is 6.24. The number of terminal acetylenes is 1. The molecule has 0 spiro atoms. The summed E-state index contributed by atoms with van der Waals surface area (Å²) in [7, 11) is 0. The van der Waals surface area contributed by atoms with E-state index in [1.54, 1.807) is 6.07 Å². The van der Waals surface area contributed by atoms with E-state index in [2.05, 4.69) is 5.92 Å². The summed E-state index contributed by atoms with van der Waals surface area (Å²) in [6.07, 6.45) is 5.36. The van der Waals surface area contributed by atoms with Crippen LogP contribution in [0.2, 0.25) is 0 Å². The maximum Gasteiger partial charge on any atom is 0.326 e. The number of carbonyl (C=O) groups excluding carboxylic acids is 1. The van der Waals surface area contributed by atoms with Crippen LogP contribution in [0.3, 0.4) is 0 Å². The molecule has 5 heteroatoms. The van der Waals surface area contributed by atoms with Gasteiger partial charge in [-0.2, -0.15) is 0 Å². The van der Waals surface area contributed by atoms with Gasteiger partial charge in [0, 0.05) is 25.3 Å². The second kappa shape index (κ2) is 5.74. The van der Waals surface area contributed by atoms with Gasteiger partial charge >= 0.3 is 5.97 Å². The molecule has 104 valence electrons. The minimum absolute atomic E-state index is 0.0644. The SMILES string of the molecule is C#CC1CC(=O)N([C@H](Cc2ccccc2F)C(=O)O)C1. The van der Waals surface area contributed by atoms with Gasteiger partial charge in [-0.15, -0.1) is 12.3 Å². The average Bonchev–Trinajstić information content (AvgIpc) is 2.78. The van der Waals surface area contributed by atoms with Crippen molar-refractivity contribution in [2.75, 3.05) is 6.54 Å². The van der Waals surface area contributed by atoms with Crippen molar-refractivity contribution < 1.29 is 19.1 Å². The molecule has 0 saturated carbocycles. The highest BCUT2D eigenvalue weighted by atomic mass is 19.1. The fourth-order valence-electron chi connectivity index (χ4n) is 2.35. The second-order valence-corrected chi connectivity index (χ2v) is 4.76. The molecule has 0 radical (unpaired) electrons. The van der Waals surface area contributed by atoms with Crippen LogP contribution in [-0.4, -0.2) is 34.5 Å². The van der Waals surface area contributed by atoms with Gasteiger partial charge in [-0.1, -0.05) is 18.2 Å². The molecule has 4 nitrogen and oxygen atoms in total. The smallest absolute Gasteiger partial charge is 0.326 e. The molecule has 1 aromatic carbocycles. The van der Waals surface area contributed by atoms with E-state index in [1.807, 2.05) is 0 Å². The number of nitrogens with zero attached hydrogens (tertiary/aromatic N) is 1. The highest BCUT2D eigenvalue weighted by Crippen LogP contribution is 2.22. The first-order valence-electron chi connectivity index (χ1n) is 6.24. The van der Waals surface area contributed by atoms with Crippen molar-refractivity contribution in [3.63, 3.8) is 0 Å². The van der Waals surface area contributed by atoms with Crippen LogP contribution < -0.4 is 0 Å². The molecular formula is C15H14FNO3. The molecule has 20 heavy (non-hydrogen) atoms. The average molecular weight is 275 g/mol. The largest absolute Gasteiger partial charge is 0.480 e. The van der Waals surface area contributed by atoms with E-state index in [0.717, 1.165) is 0 Å². The normalized spacial score (nSPS) is 19.7. The molecule has 1 fully saturated rings. The number of hydrogen-bond acceptors (Lipinski definition) is 2. The molecule has 2 atom stereocenters. The lowest BCUT2D eigenvalue weighted by Crippen LogP contribution is -2.43. The summed E-state index contributed by atoms with van der Waals surface area (Å²) in [5, 5.41) is 9.29. The third-order valence-electron chi connectivity index (χ3n) is 3.43. The Bertz CT molecular complexity index is 579. The second-order valence-electron chi connectivity index (χ2n) is 4.76. The Morgan fingerprint density at radius 1 is 1.55 bits per heavy atom. The molecule has 1 aromatic rings. The number of benzene rings is 1. The molecular weight excluding hydrogens is 261 g/mol. The number of carboxylic acids is 1. The highest BCUT2D eigenvalue weighted by molar-refractivity contribution is 5.85. The van der Waals surface area contributed by atoms with Crippen LogP contribution in [0.15, 0.2) is 24.3 Å². The van der Waals surface area contributed by atoms with Crippen LogP contribution in [0, 0.1) is 24.1 Å². The lowest BCUT2D eigenvalue weighted by atomic mass is 10.0. The van der Waals surface area contributed by atoms with Gasteiger partial charge in [-0.25, -0.2) is 9.18 Å². The summed E-state index contributed by atoms with van der Waals surface area (Å²) < 4.78 is 13.6. The van der Waals surface area contributed by atoms with E-state index in [-0.39, 0.29) is 36.8 Å². The van der Waals surface area contributed by atoms with Crippen molar-refractivity contribution in [2.45, 2.75) is 18.9 Å². The summed E-state index contributed by atoms with van der Waals surface area (Å²) in [6, 6.07) is 4.87. The lowest BCUT2D eigenvalue weighted by molar-refractivity contribution is -0.148. The number of hydrogen-bond donors (Lipinski definition) is 1. The lowest BCUT2D eigenvalue weighted by Gasteiger charge is -2.24. The zero-order chi connectivity index (χ0) is 14.7. The number of halogens is 1. The number of aliphatic carboxylic acids is 1. The summed E-state index contributed by atoms with van der Waals surface area (Å²) >= 11 is 0. The van der Waals surface area contributed by atoms with Crippen LogP contribution in [-0.2, 0) is 16.0 Å². The Kier molecular flexibility index (Phi) is 4.04. The Labute approximate surface area is 116 Å². The van der Waals surface area contributed by atoms with Crippen molar-refractivity contribution >= 4 is 11.9 Å². The Balaban J connectivity index is 2.21. The monoisotopic (exact) mass is 275 g/mol. The number of carboxylic acid groups (broad SMARTS) is 1. The number of likely N-dealkylation sites (tertiary alicyclic amines) is 1. The van der Waals surface area contributed by atoms with Gasteiger partial charge in [0.1, 0.15) is 11.9 Å². The van der Waals surface area contributed by atoms with Crippen molar-refractivity contribution in [1.82, 2.24) is 4.90 Å². The molecule has 1 amide bonds. The van der Waals surface area contributed by atoms with Gasteiger partial charge in [0.2, 0.25) is 5.91 Å². The van der Waals surface area contributed by atoms with Crippen molar-refractivity contribution in [3.8, 4) is 12.3 Å². The maximum absolute atomic E-state index is 13.6. The molecule has 0 aromatic heterocycles. The van der Waals surface area contributed by atoms with E-state index < -0.39 is 17.8 Å². The summed E-state index contributed by atoms with van der Waals surface area (Å²) in [4.78, 5) is 24.4. The fourth-order valence-corrected chi connectivity index (χ4v) is 2.35. The van der Waals surface area contributed by atoms with Crippen molar-refractivity contribution in [2.24, 2.45) is 5.92 Å². The Morgan fingerprint density at radius 3 is 2.80 bits per heavy atom. The molecule has 1 heterocycles. The predicted molar refractivity (Wildman–Crippen MR) is 70.2 cm³/mol. The molecule has 1 N–H and O–H groups in total. The molecule has 0 aliphatic carbocycles. The standard InChI is InChI=1S/C15H14FNO3/c1-2-10-7-14(18)17(9-10)13(15(19)20)8-11-5-3-4-6-12(11)16/h1,3-6,10,13H,7-9H2,(H,19,20)/t10?,13-/m1/s1. The van der Waals surface area contributed by atoms with Gasteiger partial charge in [0.25, 0.3) is 0 Å². The van der Waals surface area contributed by atoms with Crippen LogP contribution in [0.1, 0.15) is 12.0 Å². The highest BCUT2D eigenvalue weighted by Gasteiger charge is 2.37. The fraction of sp³-hybridized carbons (Fsp3) is 0.333. The zero-order valence-corrected chi connectivity index (χ0v) is 10.8. The Morgan fingerprint density at radius 2 is 2.25 bits per heavy atom. The van der Waals surface area contributed by atoms with Crippen molar-refractivity contribution in [3.05, 3.63) is 35.6 Å². The van der Waals surface area contributed by atoms with Gasteiger partial charge in [0.05, 0.1) is 0 Å². The van der Waals surface area contributed by atoms with Gasteiger partial charge in [-0.05, 0) is 11.6 Å². The van der Waals surface area contributed by atoms with Gasteiger partial charge in [-0.3, -0.25) is 4.79 Å². The molecule has 1 aliphatic heterocycles. The quantitative estimate of drug-likeness (QED) is 0.843.